The van der Waals surface area contributed by atoms with Crippen LogP contribution in [0, 0.1) is 6.08 Å². The molecule has 0 unspecified atom stereocenters. The van der Waals surface area contributed by atoms with Crippen LogP contribution in [0.25, 0.3) is 6.08 Å². The SMILES string of the molecule is C/[C]=C\c1ccc(OCCC)cc1. The lowest BCUT2D eigenvalue weighted by Crippen LogP contribution is -1.94. The minimum absolute atomic E-state index is 0.787. The number of rotatable bonds is 4. The van der Waals surface area contributed by atoms with Crippen molar-refractivity contribution in [3.05, 3.63) is 35.9 Å². The van der Waals surface area contributed by atoms with E-state index in [-0.39, 0.29) is 0 Å². The molecule has 0 spiro atoms. The Balaban J connectivity index is 2.58. The van der Waals surface area contributed by atoms with Gasteiger partial charge in [0.25, 0.3) is 0 Å². The minimum Gasteiger partial charge on any atom is -0.494 e. The molecule has 0 aliphatic carbocycles. The lowest BCUT2D eigenvalue weighted by atomic mass is 10.2. The van der Waals surface area contributed by atoms with Gasteiger partial charge in [-0.15, -0.1) is 0 Å². The first-order valence-electron chi connectivity index (χ1n) is 4.60. The Morgan fingerprint density at radius 3 is 2.54 bits per heavy atom. The van der Waals surface area contributed by atoms with Gasteiger partial charge >= 0.3 is 0 Å². The van der Waals surface area contributed by atoms with E-state index >= 15 is 0 Å². The topological polar surface area (TPSA) is 9.23 Å². The lowest BCUT2D eigenvalue weighted by molar-refractivity contribution is 0.317. The summed E-state index contributed by atoms with van der Waals surface area (Å²) in [7, 11) is 0. The number of hydrogen-bond donors (Lipinski definition) is 0. The van der Waals surface area contributed by atoms with E-state index in [4.69, 9.17) is 4.74 Å². The summed E-state index contributed by atoms with van der Waals surface area (Å²) in [5.74, 6) is 0.940. The second kappa shape index (κ2) is 5.41. The van der Waals surface area contributed by atoms with Gasteiger partial charge in [0.2, 0.25) is 0 Å². The highest BCUT2D eigenvalue weighted by molar-refractivity contribution is 5.48. The Morgan fingerprint density at radius 2 is 2.00 bits per heavy atom. The largest absolute Gasteiger partial charge is 0.494 e. The van der Waals surface area contributed by atoms with Gasteiger partial charge in [0.05, 0.1) is 6.61 Å². The molecule has 0 heterocycles. The van der Waals surface area contributed by atoms with Gasteiger partial charge < -0.3 is 4.74 Å². The summed E-state index contributed by atoms with van der Waals surface area (Å²) < 4.78 is 5.45. The Labute approximate surface area is 80.0 Å². The summed E-state index contributed by atoms with van der Waals surface area (Å²) in [4.78, 5) is 0. The fraction of sp³-hybridized carbons (Fsp3) is 0.333. The second-order valence-corrected chi connectivity index (χ2v) is 2.85. The molecule has 0 atom stereocenters. The Hall–Kier alpha value is -1.24. The first-order valence-corrected chi connectivity index (χ1v) is 4.60. The molecule has 1 aromatic rings. The smallest absolute Gasteiger partial charge is 0.119 e. The molecule has 0 aromatic heterocycles. The van der Waals surface area contributed by atoms with Crippen LogP contribution < -0.4 is 4.74 Å². The van der Waals surface area contributed by atoms with Gasteiger partial charge in [-0.1, -0.05) is 25.1 Å². The highest BCUT2D eigenvalue weighted by atomic mass is 16.5. The molecule has 1 rings (SSSR count). The van der Waals surface area contributed by atoms with E-state index in [1.807, 2.05) is 37.3 Å². The predicted molar refractivity (Wildman–Crippen MR) is 55.6 cm³/mol. The molecule has 0 aliphatic rings. The Morgan fingerprint density at radius 1 is 1.31 bits per heavy atom. The maximum absolute atomic E-state index is 5.45. The number of hydrogen-bond acceptors (Lipinski definition) is 1. The average Bonchev–Trinajstić information content (AvgIpc) is 2.17. The Bertz CT molecular complexity index is 259. The average molecular weight is 175 g/mol. The van der Waals surface area contributed by atoms with Crippen LogP contribution in [-0.4, -0.2) is 6.61 Å². The van der Waals surface area contributed by atoms with Crippen molar-refractivity contribution in [2.45, 2.75) is 20.3 Å². The molecule has 0 aliphatic heterocycles. The van der Waals surface area contributed by atoms with Crippen LogP contribution in [0.2, 0.25) is 0 Å². The van der Waals surface area contributed by atoms with Crippen molar-refractivity contribution < 1.29 is 4.74 Å². The molecule has 0 saturated heterocycles. The van der Waals surface area contributed by atoms with E-state index in [0.29, 0.717) is 0 Å². The van der Waals surface area contributed by atoms with Gasteiger partial charge in [-0.2, -0.15) is 0 Å². The molecule has 1 aromatic carbocycles. The number of benzene rings is 1. The summed E-state index contributed by atoms with van der Waals surface area (Å²) in [5.41, 5.74) is 1.16. The fourth-order valence-corrected chi connectivity index (χ4v) is 1.05. The third-order valence-electron chi connectivity index (χ3n) is 1.66. The molecule has 1 radical (unpaired) electrons. The van der Waals surface area contributed by atoms with E-state index in [0.717, 1.165) is 24.3 Å². The highest BCUT2D eigenvalue weighted by Crippen LogP contribution is 2.13. The molecular formula is C12H15O. The molecule has 13 heavy (non-hydrogen) atoms. The summed E-state index contributed by atoms with van der Waals surface area (Å²) in [6, 6.07) is 8.03. The zero-order valence-electron chi connectivity index (χ0n) is 8.21. The molecule has 0 amide bonds. The van der Waals surface area contributed by atoms with Crippen molar-refractivity contribution in [1.29, 1.82) is 0 Å². The van der Waals surface area contributed by atoms with E-state index in [1.165, 1.54) is 0 Å². The van der Waals surface area contributed by atoms with Crippen LogP contribution in [0.3, 0.4) is 0 Å². The van der Waals surface area contributed by atoms with Gasteiger partial charge in [0, 0.05) is 0 Å². The molecule has 0 N–H and O–H groups in total. The molecule has 69 valence electrons. The zero-order valence-corrected chi connectivity index (χ0v) is 8.21. The van der Waals surface area contributed by atoms with Crippen LogP contribution in [-0.2, 0) is 0 Å². The van der Waals surface area contributed by atoms with Crippen molar-refractivity contribution in [3.63, 3.8) is 0 Å². The highest BCUT2D eigenvalue weighted by Gasteiger charge is 1.91. The molecule has 1 nitrogen and oxygen atoms in total. The molecule has 0 saturated carbocycles. The van der Waals surface area contributed by atoms with Crippen molar-refractivity contribution in [2.75, 3.05) is 6.61 Å². The van der Waals surface area contributed by atoms with Gasteiger partial charge in [-0.25, -0.2) is 0 Å². The summed E-state index contributed by atoms with van der Waals surface area (Å²) >= 11 is 0. The summed E-state index contributed by atoms with van der Waals surface area (Å²) in [6.07, 6.45) is 5.97. The van der Waals surface area contributed by atoms with Crippen LogP contribution in [0.5, 0.6) is 5.75 Å². The van der Waals surface area contributed by atoms with Crippen LogP contribution >= 0.6 is 0 Å². The van der Waals surface area contributed by atoms with Crippen LogP contribution in [0.15, 0.2) is 24.3 Å². The first-order chi connectivity index (χ1) is 6.36. The van der Waals surface area contributed by atoms with E-state index in [9.17, 15) is 0 Å². The van der Waals surface area contributed by atoms with Crippen molar-refractivity contribution in [1.82, 2.24) is 0 Å². The quantitative estimate of drug-likeness (QED) is 0.682. The van der Waals surface area contributed by atoms with E-state index in [2.05, 4.69) is 13.0 Å². The summed E-state index contributed by atoms with van der Waals surface area (Å²) in [6.45, 7) is 4.78. The van der Waals surface area contributed by atoms with E-state index in [1.54, 1.807) is 0 Å². The molecule has 1 heteroatoms. The Kier molecular flexibility index (Phi) is 4.10. The van der Waals surface area contributed by atoms with Gasteiger partial charge in [0.15, 0.2) is 0 Å². The molecular weight excluding hydrogens is 160 g/mol. The minimum atomic E-state index is 0.787. The van der Waals surface area contributed by atoms with E-state index < -0.39 is 0 Å². The zero-order chi connectivity index (χ0) is 9.52. The third-order valence-corrected chi connectivity index (χ3v) is 1.66. The van der Waals surface area contributed by atoms with Crippen LogP contribution in [0.4, 0.5) is 0 Å². The first kappa shape index (κ1) is 9.85. The van der Waals surface area contributed by atoms with Crippen molar-refractivity contribution >= 4 is 6.08 Å². The van der Waals surface area contributed by atoms with Gasteiger partial charge in [0.1, 0.15) is 5.75 Å². The second-order valence-electron chi connectivity index (χ2n) is 2.85. The van der Waals surface area contributed by atoms with Crippen LogP contribution in [0.1, 0.15) is 25.8 Å². The van der Waals surface area contributed by atoms with Gasteiger partial charge in [-0.3, -0.25) is 0 Å². The molecule has 0 fully saturated rings. The van der Waals surface area contributed by atoms with Crippen molar-refractivity contribution in [3.8, 4) is 5.75 Å². The standard InChI is InChI=1S/C12H15O/c1-3-5-11-6-8-12(9-7-11)13-10-4-2/h5-9H,4,10H2,1-2H3. The maximum Gasteiger partial charge on any atom is 0.119 e. The molecule has 0 bridgehead atoms. The van der Waals surface area contributed by atoms with Gasteiger partial charge in [-0.05, 0) is 37.1 Å². The normalized spacial score (nSPS) is 10.6. The predicted octanol–water partition coefficient (Wildman–Crippen LogP) is 3.31. The fourth-order valence-electron chi connectivity index (χ4n) is 1.05. The van der Waals surface area contributed by atoms with Crippen molar-refractivity contribution in [2.24, 2.45) is 0 Å². The third kappa shape index (κ3) is 3.32. The summed E-state index contributed by atoms with van der Waals surface area (Å²) in [5, 5.41) is 0. The lowest BCUT2D eigenvalue weighted by Gasteiger charge is -2.03. The maximum atomic E-state index is 5.45. The number of ether oxygens (including phenoxy) is 1. The monoisotopic (exact) mass is 175 g/mol. The number of allylic oxidation sites excluding steroid dienone is 1.